The molecule has 1 aliphatic rings. The van der Waals surface area contributed by atoms with Crippen molar-refractivity contribution in [2.75, 3.05) is 0 Å². The average molecular weight is 282 g/mol. The lowest BCUT2D eigenvalue weighted by Gasteiger charge is -2.17. The Morgan fingerprint density at radius 1 is 1.05 bits per heavy atom. The van der Waals surface area contributed by atoms with E-state index in [9.17, 15) is 0 Å². The molecule has 2 aromatic carbocycles. The lowest BCUT2D eigenvalue weighted by atomic mass is 9.92. The number of nitrogens with zero attached hydrogens (tertiary/aromatic N) is 1. The zero-order valence-corrected chi connectivity index (χ0v) is 11.7. The van der Waals surface area contributed by atoms with Crippen LogP contribution in [0.1, 0.15) is 29.5 Å². The molecule has 0 saturated carbocycles. The normalized spacial score (nSPS) is 14.6. The topological polar surface area (TPSA) is 67.8 Å². The van der Waals surface area contributed by atoms with Crippen molar-refractivity contribution in [3.8, 4) is 11.5 Å². The van der Waals surface area contributed by atoms with E-state index in [1.807, 2.05) is 24.3 Å². The molecule has 4 heteroatoms. The van der Waals surface area contributed by atoms with E-state index < -0.39 is 0 Å². The molecule has 108 valence electrons. The minimum Gasteiger partial charge on any atom is -0.457 e. The fourth-order valence-electron chi connectivity index (χ4n) is 2.72. The Kier molecular flexibility index (Phi) is 3.77. The maximum Gasteiger partial charge on any atom is 0.173 e. The van der Waals surface area contributed by atoms with Crippen LogP contribution in [0.2, 0.25) is 0 Å². The zero-order chi connectivity index (χ0) is 14.7. The number of hydrogen-bond acceptors (Lipinski definition) is 3. The molecule has 0 aliphatic heterocycles. The molecule has 0 aromatic heterocycles. The summed E-state index contributed by atoms with van der Waals surface area (Å²) in [5.74, 6) is 1.42. The predicted molar refractivity (Wildman–Crippen MR) is 82.1 cm³/mol. The summed E-state index contributed by atoms with van der Waals surface area (Å²) in [5.41, 5.74) is 9.04. The molecular weight excluding hydrogens is 264 g/mol. The van der Waals surface area contributed by atoms with Crippen LogP contribution in [-0.4, -0.2) is 11.0 Å². The summed E-state index contributed by atoms with van der Waals surface area (Å²) in [6, 6.07) is 13.5. The molecule has 0 amide bonds. The second kappa shape index (κ2) is 5.87. The van der Waals surface area contributed by atoms with Gasteiger partial charge in [-0.1, -0.05) is 23.4 Å². The third-order valence-electron chi connectivity index (χ3n) is 3.82. The van der Waals surface area contributed by atoms with Gasteiger partial charge in [0.05, 0.1) is 5.56 Å². The van der Waals surface area contributed by atoms with Crippen molar-refractivity contribution in [1.29, 1.82) is 0 Å². The van der Waals surface area contributed by atoms with Crippen LogP contribution in [0.3, 0.4) is 0 Å². The first-order valence-electron chi connectivity index (χ1n) is 7.14. The number of aryl methyl sites for hydroxylation is 2. The molecule has 0 unspecified atom stereocenters. The van der Waals surface area contributed by atoms with Gasteiger partial charge in [-0.25, -0.2) is 0 Å². The third-order valence-corrected chi connectivity index (χ3v) is 3.82. The predicted octanol–water partition coefficient (Wildman–Crippen LogP) is 3.45. The summed E-state index contributed by atoms with van der Waals surface area (Å²) in [7, 11) is 0. The largest absolute Gasteiger partial charge is 0.457 e. The average Bonchev–Trinajstić information content (AvgIpc) is 2.54. The quantitative estimate of drug-likeness (QED) is 0.392. The fraction of sp³-hybridized carbons (Fsp3) is 0.235. The summed E-state index contributed by atoms with van der Waals surface area (Å²) >= 11 is 0. The summed E-state index contributed by atoms with van der Waals surface area (Å²) in [4.78, 5) is 0. The number of nitrogens with two attached hydrogens (primary N) is 1. The third kappa shape index (κ3) is 2.84. The van der Waals surface area contributed by atoms with Gasteiger partial charge in [0, 0.05) is 0 Å². The number of amidine groups is 1. The Bertz CT molecular complexity index is 680. The van der Waals surface area contributed by atoms with Gasteiger partial charge < -0.3 is 15.7 Å². The highest BCUT2D eigenvalue weighted by atomic mass is 16.5. The van der Waals surface area contributed by atoms with Crippen molar-refractivity contribution in [2.45, 2.75) is 25.7 Å². The van der Waals surface area contributed by atoms with Crippen LogP contribution in [-0.2, 0) is 12.8 Å². The van der Waals surface area contributed by atoms with E-state index in [1.165, 1.54) is 24.0 Å². The Morgan fingerprint density at radius 2 is 1.81 bits per heavy atom. The lowest BCUT2D eigenvalue weighted by Crippen LogP contribution is -2.14. The molecule has 0 radical (unpaired) electrons. The van der Waals surface area contributed by atoms with Gasteiger partial charge >= 0.3 is 0 Å². The molecule has 2 aromatic rings. The molecule has 21 heavy (non-hydrogen) atoms. The zero-order valence-electron chi connectivity index (χ0n) is 11.7. The van der Waals surface area contributed by atoms with Crippen LogP contribution in [0.15, 0.2) is 47.6 Å². The molecule has 4 nitrogen and oxygen atoms in total. The molecule has 0 bridgehead atoms. The van der Waals surface area contributed by atoms with Gasteiger partial charge in [0.2, 0.25) is 0 Å². The van der Waals surface area contributed by atoms with Crippen LogP contribution < -0.4 is 10.5 Å². The monoisotopic (exact) mass is 282 g/mol. The van der Waals surface area contributed by atoms with Crippen LogP contribution in [0.5, 0.6) is 11.5 Å². The number of benzene rings is 2. The van der Waals surface area contributed by atoms with Gasteiger partial charge in [-0.3, -0.25) is 0 Å². The number of para-hydroxylation sites is 1. The SMILES string of the molecule is NC(=NO)c1ccccc1Oc1ccc2c(c1)CCCC2. The van der Waals surface area contributed by atoms with Crippen molar-refractivity contribution in [2.24, 2.45) is 10.9 Å². The molecule has 3 rings (SSSR count). The fourth-order valence-corrected chi connectivity index (χ4v) is 2.72. The van der Waals surface area contributed by atoms with E-state index in [-0.39, 0.29) is 5.84 Å². The van der Waals surface area contributed by atoms with Crippen molar-refractivity contribution in [3.63, 3.8) is 0 Å². The Balaban J connectivity index is 1.90. The highest BCUT2D eigenvalue weighted by Crippen LogP contribution is 2.29. The molecule has 0 saturated heterocycles. The second-order valence-corrected chi connectivity index (χ2v) is 5.22. The highest BCUT2D eigenvalue weighted by Gasteiger charge is 2.12. The van der Waals surface area contributed by atoms with Crippen LogP contribution in [0, 0.1) is 0 Å². The molecule has 0 atom stereocenters. The summed E-state index contributed by atoms with van der Waals surface area (Å²) in [5, 5.41) is 11.9. The first-order valence-corrected chi connectivity index (χ1v) is 7.14. The van der Waals surface area contributed by atoms with Gasteiger partial charge in [-0.05, 0) is 61.1 Å². The number of ether oxygens (including phenoxy) is 1. The number of fused-ring (bicyclic) bond motifs is 1. The molecule has 0 heterocycles. The Labute approximate surface area is 123 Å². The van der Waals surface area contributed by atoms with Crippen molar-refractivity contribution < 1.29 is 9.94 Å². The second-order valence-electron chi connectivity index (χ2n) is 5.22. The number of hydrogen-bond donors (Lipinski definition) is 2. The van der Waals surface area contributed by atoms with Gasteiger partial charge in [0.25, 0.3) is 0 Å². The minimum atomic E-state index is 0.0450. The summed E-state index contributed by atoms with van der Waals surface area (Å²) < 4.78 is 5.93. The number of rotatable bonds is 3. The molecule has 3 N–H and O–H groups in total. The number of oxime groups is 1. The maximum atomic E-state index is 8.84. The van der Waals surface area contributed by atoms with Gasteiger partial charge in [-0.15, -0.1) is 0 Å². The first kappa shape index (κ1) is 13.5. The van der Waals surface area contributed by atoms with E-state index >= 15 is 0 Å². The van der Waals surface area contributed by atoms with Gasteiger partial charge in [0.1, 0.15) is 11.5 Å². The van der Waals surface area contributed by atoms with Crippen LogP contribution >= 0.6 is 0 Å². The first-order chi connectivity index (χ1) is 10.3. The van der Waals surface area contributed by atoms with Crippen molar-refractivity contribution >= 4 is 5.84 Å². The summed E-state index contributed by atoms with van der Waals surface area (Å²) in [6.45, 7) is 0. The van der Waals surface area contributed by atoms with Crippen LogP contribution in [0.4, 0.5) is 0 Å². The van der Waals surface area contributed by atoms with Gasteiger partial charge in [0.15, 0.2) is 5.84 Å². The Hall–Kier alpha value is -2.49. The van der Waals surface area contributed by atoms with E-state index in [0.29, 0.717) is 11.3 Å². The molecular formula is C17H18N2O2. The van der Waals surface area contributed by atoms with E-state index in [4.69, 9.17) is 15.7 Å². The van der Waals surface area contributed by atoms with Crippen LogP contribution in [0.25, 0.3) is 0 Å². The Morgan fingerprint density at radius 3 is 2.62 bits per heavy atom. The highest BCUT2D eigenvalue weighted by molar-refractivity contribution is 5.99. The van der Waals surface area contributed by atoms with E-state index in [1.54, 1.807) is 6.07 Å². The molecule has 1 aliphatic carbocycles. The molecule has 0 spiro atoms. The van der Waals surface area contributed by atoms with Crippen molar-refractivity contribution in [1.82, 2.24) is 0 Å². The van der Waals surface area contributed by atoms with E-state index in [2.05, 4.69) is 17.3 Å². The lowest BCUT2D eigenvalue weighted by molar-refractivity contribution is 0.318. The minimum absolute atomic E-state index is 0.0450. The smallest absolute Gasteiger partial charge is 0.173 e. The van der Waals surface area contributed by atoms with Gasteiger partial charge in [-0.2, -0.15) is 0 Å². The summed E-state index contributed by atoms with van der Waals surface area (Å²) in [6.07, 6.45) is 4.75. The standard InChI is InChI=1S/C17H18N2O2/c18-17(19-20)15-7-3-4-8-16(15)21-14-10-9-12-5-1-2-6-13(12)11-14/h3-4,7-11,20H,1-2,5-6H2,(H2,18,19). The van der Waals surface area contributed by atoms with Crippen molar-refractivity contribution in [3.05, 3.63) is 59.2 Å². The molecule has 0 fully saturated rings. The van der Waals surface area contributed by atoms with E-state index in [0.717, 1.165) is 18.6 Å². The maximum absolute atomic E-state index is 8.84.